The molecule has 226 valence electrons. The van der Waals surface area contributed by atoms with Gasteiger partial charge >= 0.3 is 6.03 Å². The van der Waals surface area contributed by atoms with Crippen LogP contribution in [0.5, 0.6) is 0 Å². The molecule has 1 fully saturated rings. The molecule has 12 heteroatoms. The number of nitrogens with zero attached hydrogens (tertiary/aromatic N) is 1. The number of primary amides is 1. The van der Waals surface area contributed by atoms with E-state index in [1.54, 1.807) is 45.0 Å². The van der Waals surface area contributed by atoms with Gasteiger partial charge in [-0.25, -0.2) is 4.79 Å². The SMILES string of the molecule is [2H]Cc1ccc(NC(=O)[C@H](CCCNC(N)=O)NC(=O)[C@@H](NC(=O)CCCCCN2C(=O)CC(C)C2=O)C(C)C)cc1. The van der Waals surface area contributed by atoms with E-state index in [-0.39, 0.29) is 62.3 Å². The molecule has 1 heterocycles. The molecule has 0 aromatic heterocycles. The van der Waals surface area contributed by atoms with Crippen LogP contribution < -0.4 is 27.0 Å². The maximum absolute atomic E-state index is 13.2. The molecule has 1 aromatic rings. The third-order valence-electron chi connectivity index (χ3n) is 6.84. The van der Waals surface area contributed by atoms with Crippen LogP contribution in [0.25, 0.3) is 0 Å². The molecule has 7 amide bonds. The molecule has 41 heavy (non-hydrogen) atoms. The van der Waals surface area contributed by atoms with Gasteiger partial charge in [-0.3, -0.25) is 28.9 Å². The summed E-state index contributed by atoms with van der Waals surface area (Å²) in [4.78, 5) is 75.2. The summed E-state index contributed by atoms with van der Waals surface area (Å²) in [5, 5.41) is 10.7. The topological polar surface area (TPSA) is 180 Å². The molecule has 0 spiro atoms. The Kier molecular flexibility index (Phi) is 12.6. The van der Waals surface area contributed by atoms with Gasteiger partial charge in [0.25, 0.3) is 0 Å². The van der Waals surface area contributed by atoms with Gasteiger partial charge in [0.15, 0.2) is 0 Å². The predicted molar refractivity (Wildman–Crippen MR) is 154 cm³/mol. The fourth-order valence-corrected chi connectivity index (χ4v) is 4.46. The Morgan fingerprint density at radius 2 is 1.73 bits per heavy atom. The number of anilines is 1. The third kappa shape index (κ3) is 11.2. The van der Waals surface area contributed by atoms with Crippen LogP contribution in [-0.4, -0.2) is 65.6 Å². The number of urea groups is 1. The quantitative estimate of drug-likeness (QED) is 0.149. The van der Waals surface area contributed by atoms with Crippen molar-refractivity contribution in [3.63, 3.8) is 0 Å². The molecule has 1 aliphatic heterocycles. The summed E-state index contributed by atoms with van der Waals surface area (Å²) in [5.41, 5.74) is 6.41. The van der Waals surface area contributed by atoms with E-state index in [0.29, 0.717) is 37.9 Å². The highest BCUT2D eigenvalue weighted by Gasteiger charge is 2.34. The summed E-state index contributed by atoms with van der Waals surface area (Å²) in [6.45, 7) is 5.98. The first kappa shape index (κ1) is 31.6. The van der Waals surface area contributed by atoms with Crippen LogP contribution in [0.2, 0.25) is 0 Å². The molecule has 0 aliphatic carbocycles. The Morgan fingerprint density at radius 3 is 2.32 bits per heavy atom. The largest absolute Gasteiger partial charge is 0.352 e. The molecule has 1 aliphatic rings. The number of aryl methyl sites for hydroxylation is 1. The fourth-order valence-electron chi connectivity index (χ4n) is 4.46. The first-order valence-corrected chi connectivity index (χ1v) is 14.1. The van der Waals surface area contributed by atoms with Gasteiger partial charge in [-0.15, -0.1) is 0 Å². The van der Waals surface area contributed by atoms with E-state index in [9.17, 15) is 28.8 Å². The van der Waals surface area contributed by atoms with Gasteiger partial charge in [0.05, 0.1) is 0 Å². The zero-order valence-corrected chi connectivity index (χ0v) is 24.2. The zero-order chi connectivity index (χ0) is 31.2. The second kappa shape index (κ2) is 16.3. The lowest BCUT2D eigenvalue weighted by Crippen LogP contribution is -2.54. The molecular weight excluding hydrogens is 528 g/mol. The van der Waals surface area contributed by atoms with Crippen molar-refractivity contribution >= 4 is 41.3 Å². The first-order valence-electron chi connectivity index (χ1n) is 14.8. The van der Waals surface area contributed by atoms with Gasteiger partial charge in [0.1, 0.15) is 12.1 Å². The number of nitrogens with two attached hydrogens (primary N) is 1. The number of hydrogen-bond acceptors (Lipinski definition) is 6. The van der Waals surface area contributed by atoms with Crippen molar-refractivity contribution in [1.29, 1.82) is 0 Å². The number of likely N-dealkylation sites (tertiary alicyclic amines) is 1. The van der Waals surface area contributed by atoms with E-state index < -0.39 is 29.9 Å². The molecule has 2 rings (SSSR count). The van der Waals surface area contributed by atoms with Gasteiger partial charge in [-0.2, -0.15) is 0 Å². The van der Waals surface area contributed by atoms with E-state index in [1.807, 2.05) is 0 Å². The molecule has 1 aromatic carbocycles. The highest BCUT2D eigenvalue weighted by molar-refractivity contribution is 6.03. The van der Waals surface area contributed by atoms with E-state index in [0.717, 1.165) is 5.56 Å². The number of imide groups is 1. The van der Waals surface area contributed by atoms with Crippen molar-refractivity contribution in [2.45, 2.75) is 84.7 Å². The number of carbonyl (C=O) groups excluding carboxylic acids is 6. The number of rotatable bonds is 16. The summed E-state index contributed by atoms with van der Waals surface area (Å²) >= 11 is 0. The monoisotopic (exact) mass is 573 g/mol. The normalized spacial score (nSPS) is 16.6. The van der Waals surface area contributed by atoms with Crippen LogP contribution in [0.1, 0.15) is 72.7 Å². The van der Waals surface area contributed by atoms with Crippen LogP contribution in [-0.2, 0) is 24.0 Å². The van der Waals surface area contributed by atoms with E-state index in [1.165, 1.54) is 4.90 Å². The Hall–Kier alpha value is -3.96. The second-order valence-electron chi connectivity index (χ2n) is 10.8. The average molecular weight is 574 g/mol. The van der Waals surface area contributed by atoms with Gasteiger partial charge in [0.2, 0.25) is 29.5 Å². The lowest BCUT2D eigenvalue weighted by Gasteiger charge is -2.25. The molecule has 0 saturated carbocycles. The van der Waals surface area contributed by atoms with Crippen molar-refractivity contribution in [2.24, 2.45) is 17.6 Å². The van der Waals surface area contributed by atoms with Crippen LogP contribution in [0, 0.1) is 18.7 Å². The predicted octanol–water partition coefficient (Wildman–Crippen LogP) is 1.96. The number of nitrogens with one attached hydrogen (secondary N) is 4. The molecule has 6 N–H and O–H groups in total. The molecule has 1 unspecified atom stereocenters. The van der Waals surface area contributed by atoms with Crippen LogP contribution in [0.3, 0.4) is 0 Å². The summed E-state index contributed by atoms with van der Waals surface area (Å²) < 4.78 is 7.43. The number of unbranched alkanes of at least 4 members (excludes halogenated alkanes) is 2. The van der Waals surface area contributed by atoms with E-state index in [4.69, 9.17) is 7.10 Å². The lowest BCUT2D eigenvalue weighted by molar-refractivity contribution is -0.139. The fraction of sp³-hybridized carbons (Fsp3) is 0.586. The lowest BCUT2D eigenvalue weighted by atomic mass is 10.0. The molecule has 0 bridgehead atoms. The number of amides is 7. The Bertz CT molecular complexity index is 1110. The van der Waals surface area contributed by atoms with Gasteiger partial charge < -0.3 is 27.0 Å². The Labute approximate surface area is 242 Å². The molecule has 12 nitrogen and oxygen atoms in total. The number of benzene rings is 1. The number of carbonyl (C=O) groups is 6. The van der Waals surface area contributed by atoms with Crippen molar-refractivity contribution < 1.29 is 30.1 Å². The van der Waals surface area contributed by atoms with Crippen molar-refractivity contribution in [1.82, 2.24) is 20.9 Å². The maximum atomic E-state index is 13.2. The summed E-state index contributed by atoms with van der Waals surface area (Å²) in [5.74, 6) is -2.13. The minimum atomic E-state index is -0.945. The molecule has 3 atom stereocenters. The van der Waals surface area contributed by atoms with Crippen molar-refractivity contribution in [2.75, 3.05) is 18.4 Å². The van der Waals surface area contributed by atoms with Gasteiger partial charge in [-0.05, 0) is 50.6 Å². The molecule has 1 saturated heterocycles. The van der Waals surface area contributed by atoms with Crippen LogP contribution in [0.4, 0.5) is 10.5 Å². The smallest absolute Gasteiger partial charge is 0.312 e. The average Bonchev–Trinajstić information content (AvgIpc) is 3.18. The third-order valence-corrected chi connectivity index (χ3v) is 6.84. The first-order chi connectivity index (χ1) is 19.9. The van der Waals surface area contributed by atoms with E-state index in [2.05, 4.69) is 21.3 Å². The minimum absolute atomic E-state index is 0.113. The summed E-state index contributed by atoms with van der Waals surface area (Å²) in [6, 6.07) is 4.28. The zero-order valence-electron chi connectivity index (χ0n) is 25.2. The molecule has 0 radical (unpaired) electrons. The highest BCUT2D eigenvalue weighted by atomic mass is 16.2. The van der Waals surface area contributed by atoms with Crippen LogP contribution >= 0.6 is 0 Å². The van der Waals surface area contributed by atoms with Crippen molar-refractivity contribution in [3.8, 4) is 0 Å². The number of hydrogen-bond donors (Lipinski definition) is 5. The maximum Gasteiger partial charge on any atom is 0.312 e. The van der Waals surface area contributed by atoms with Gasteiger partial charge in [-0.1, -0.05) is 44.9 Å². The Balaban J connectivity index is 1.91. The standard InChI is InChI=1S/C29H44N6O6/c1-18(2)25(34-23(36)10-6-5-7-16-35-24(37)17-20(4)28(35)40)27(39)33-22(9-8-15-31-29(30)41)26(38)32-21-13-11-19(3)12-14-21/h11-14,18,20,22,25H,5-10,15-17H2,1-4H3,(H,32,38)(H,33,39)(H,34,36)(H3,30,31,41)/t20?,22-,25-/m0/s1/i3D. The summed E-state index contributed by atoms with van der Waals surface area (Å²) in [6.07, 6.45) is 2.76. The van der Waals surface area contributed by atoms with Crippen LogP contribution in [0.15, 0.2) is 24.3 Å². The van der Waals surface area contributed by atoms with E-state index >= 15 is 0 Å². The van der Waals surface area contributed by atoms with Gasteiger partial charge in [0, 0.05) is 38.9 Å². The second-order valence-corrected chi connectivity index (χ2v) is 10.8. The minimum Gasteiger partial charge on any atom is -0.352 e. The summed E-state index contributed by atoms with van der Waals surface area (Å²) in [7, 11) is 0. The molecular formula is C29H44N6O6. The Morgan fingerprint density at radius 1 is 1.02 bits per heavy atom. The highest BCUT2D eigenvalue weighted by Crippen LogP contribution is 2.19. The van der Waals surface area contributed by atoms with Crippen molar-refractivity contribution in [3.05, 3.63) is 29.8 Å².